The third-order valence-electron chi connectivity index (χ3n) is 2.95. The van der Waals surface area contributed by atoms with Gasteiger partial charge in [-0.3, -0.25) is 0 Å². The zero-order valence-corrected chi connectivity index (χ0v) is 12.3. The van der Waals surface area contributed by atoms with Crippen molar-refractivity contribution in [3.05, 3.63) is 59.2 Å². The SMILES string of the molecule is COC(=O)c1ccc(OC(=O)c2c(F)cccc2F)c(OC)c1. The van der Waals surface area contributed by atoms with Crippen LogP contribution in [0.4, 0.5) is 8.78 Å². The predicted octanol–water partition coefficient (Wildman–Crippen LogP) is 2.98. The summed E-state index contributed by atoms with van der Waals surface area (Å²) in [7, 11) is 2.50. The molecule has 0 atom stereocenters. The van der Waals surface area contributed by atoms with Crippen molar-refractivity contribution in [2.45, 2.75) is 0 Å². The van der Waals surface area contributed by atoms with Crippen molar-refractivity contribution in [3.63, 3.8) is 0 Å². The number of carbonyl (C=O) groups is 2. The molecule has 0 spiro atoms. The highest BCUT2D eigenvalue weighted by Crippen LogP contribution is 2.29. The van der Waals surface area contributed by atoms with Gasteiger partial charge in [-0.05, 0) is 30.3 Å². The van der Waals surface area contributed by atoms with Crippen LogP contribution in [-0.4, -0.2) is 26.2 Å². The Labute approximate surface area is 130 Å². The number of carbonyl (C=O) groups excluding carboxylic acids is 2. The van der Waals surface area contributed by atoms with Crippen LogP contribution in [0.15, 0.2) is 36.4 Å². The van der Waals surface area contributed by atoms with Gasteiger partial charge in [0, 0.05) is 0 Å². The van der Waals surface area contributed by atoms with Gasteiger partial charge < -0.3 is 14.2 Å². The third-order valence-corrected chi connectivity index (χ3v) is 2.95. The molecule has 23 heavy (non-hydrogen) atoms. The Hall–Kier alpha value is -2.96. The molecule has 2 rings (SSSR count). The lowest BCUT2D eigenvalue weighted by Gasteiger charge is -2.11. The summed E-state index contributed by atoms with van der Waals surface area (Å²) in [4.78, 5) is 23.4. The number of rotatable bonds is 4. The van der Waals surface area contributed by atoms with E-state index in [1.807, 2.05) is 0 Å². The van der Waals surface area contributed by atoms with E-state index in [9.17, 15) is 18.4 Å². The van der Waals surface area contributed by atoms with E-state index >= 15 is 0 Å². The lowest BCUT2D eigenvalue weighted by Crippen LogP contribution is -2.14. The molecule has 0 radical (unpaired) electrons. The van der Waals surface area contributed by atoms with E-state index in [-0.39, 0.29) is 17.1 Å². The molecule has 0 aromatic heterocycles. The van der Waals surface area contributed by atoms with Crippen molar-refractivity contribution in [1.29, 1.82) is 0 Å². The number of hydrogen-bond acceptors (Lipinski definition) is 5. The Bertz CT molecular complexity index is 738. The van der Waals surface area contributed by atoms with Crippen LogP contribution in [0.25, 0.3) is 0 Å². The molecule has 2 aromatic rings. The van der Waals surface area contributed by atoms with Crippen LogP contribution < -0.4 is 9.47 Å². The molecule has 5 nitrogen and oxygen atoms in total. The van der Waals surface area contributed by atoms with Crippen LogP contribution in [0.3, 0.4) is 0 Å². The number of hydrogen-bond donors (Lipinski definition) is 0. The molecule has 0 unspecified atom stereocenters. The molecular weight excluding hydrogens is 310 g/mol. The van der Waals surface area contributed by atoms with Crippen molar-refractivity contribution in [1.82, 2.24) is 0 Å². The number of esters is 2. The third kappa shape index (κ3) is 3.45. The van der Waals surface area contributed by atoms with Gasteiger partial charge in [0.1, 0.15) is 17.2 Å². The lowest BCUT2D eigenvalue weighted by atomic mass is 10.2. The highest BCUT2D eigenvalue weighted by Gasteiger charge is 2.21. The maximum atomic E-state index is 13.6. The summed E-state index contributed by atoms with van der Waals surface area (Å²) < 4.78 is 41.7. The van der Waals surface area contributed by atoms with Crippen molar-refractivity contribution < 1.29 is 32.6 Å². The molecule has 0 aliphatic heterocycles. The molecule has 0 fully saturated rings. The molecule has 0 aliphatic carbocycles. The number of halogens is 2. The topological polar surface area (TPSA) is 61.8 Å². The first-order valence-corrected chi connectivity index (χ1v) is 6.40. The van der Waals surface area contributed by atoms with E-state index in [4.69, 9.17) is 9.47 Å². The summed E-state index contributed by atoms with van der Waals surface area (Å²) in [5, 5.41) is 0. The Morgan fingerprint density at radius 3 is 2.13 bits per heavy atom. The zero-order chi connectivity index (χ0) is 17.0. The van der Waals surface area contributed by atoms with Crippen LogP contribution >= 0.6 is 0 Å². The van der Waals surface area contributed by atoms with Gasteiger partial charge in [-0.1, -0.05) is 6.07 Å². The van der Waals surface area contributed by atoms with Crippen LogP contribution in [0.2, 0.25) is 0 Å². The van der Waals surface area contributed by atoms with Crippen LogP contribution in [0, 0.1) is 11.6 Å². The van der Waals surface area contributed by atoms with E-state index in [1.54, 1.807) is 0 Å². The summed E-state index contributed by atoms with van der Waals surface area (Å²) >= 11 is 0. The highest BCUT2D eigenvalue weighted by atomic mass is 19.1. The predicted molar refractivity (Wildman–Crippen MR) is 75.7 cm³/mol. The average Bonchev–Trinajstić information content (AvgIpc) is 2.54. The fourth-order valence-corrected chi connectivity index (χ4v) is 1.84. The van der Waals surface area contributed by atoms with Gasteiger partial charge in [0.05, 0.1) is 19.8 Å². The van der Waals surface area contributed by atoms with E-state index < -0.39 is 29.1 Å². The van der Waals surface area contributed by atoms with E-state index in [1.165, 1.54) is 32.4 Å². The van der Waals surface area contributed by atoms with Crippen LogP contribution in [0.5, 0.6) is 11.5 Å². The van der Waals surface area contributed by atoms with Gasteiger partial charge in [0.25, 0.3) is 0 Å². The summed E-state index contributed by atoms with van der Waals surface area (Å²) in [5.41, 5.74) is -0.646. The first kappa shape index (κ1) is 16.4. The van der Waals surface area contributed by atoms with Crippen molar-refractivity contribution >= 4 is 11.9 Å². The zero-order valence-electron chi connectivity index (χ0n) is 12.3. The van der Waals surface area contributed by atoms with Gasteiger partial charge in [0.15, 0.2) is 11.5 Å². The maximum absolute atomic E-state index is 13.6. The average molecular weight is 322 g/mol. The Morgan fingerprint density at radius 2 is 1.57 bits per heavy atom. The summed E-state index contributed by atoms with van der Waals surface area (Å²) in [6, 6.07) is 6.89. The van der Waals surface area contributed by atoms with Crippen molar-refractivity contribution in [2.75, 3.05) is 14.2 Å². The minimum atomic E-state index is -1.22. The molecule has 7 heteroatoms. The second-order valence-corrected chi connectivity index (χ2v) is 4.34. The number of methoxy groups -OCH3 is 2. The van der Waals surface area contributed by atoms with Gasteiger partial charge >= 0.3 is 11.9 Å². The monoisotopic (exact) mass is 322 g/mol. The summed E-state index contributed by atoms with van der Waals surface area (Å²) in [6.45, 7) is 0. The molecule has 0 aliphatic rings. The Balaban J connectivity index is 2.33. The first-order valence-electron chi connectivity index (χ1n) is 6.40. The van der Waals surface area contributed by atoms with Crippen molar-refractivity contribution in [3.8, 4) is 11.5 Å². The largest absolute Gasteiger partial charge is 0.493 e. The molecule has 120 valence electrons. The molecular formula is C16H12F2O5. The molecule has 0 saturated carbocycles. The van der Waals surface area contributed by atoms with E-state index in [2.05, 4.69) is 4.74 Å². The van der Waals surface area contributed by atoms with Gasteiger partial charge in [0.2, 0.25) is 0 Å². The Kier molecular flexibility index (Phi) is 4.90. The number of benzene rings is 2. The second-order valence-electron chi connectivity index (χ2n) is 4.34. The summed E-state index contributed by atoms with van der Waals surface area (Å²) in [6.07, 6.45) is 0. The smallest absolute Gasteiger partial charge is 0.349 e. The summed E-state index contributed by atoms with van der Waals surface area (Å²) in [5.74, 6) is -3.96. The maximum Gasteiger partial charge on any atom is 0.349 e. The van der Waals surface area contributed by atoms with E-state index in [0.717, 1.165) is 18.2 Å². The standard InChI is InChI=1S/C16H12F2O5/c1-21-13-8-9(15(19)22-2)6-7-12(13)23-16(20)14-10(17)4-3-5-11(14)18/h3-8H,1-2H3. The van der Waals surface area contributed by atoms with Crippen LogP contribution in [0.1, 0.15) is 20.7 Å². The van der Waals surface area contributed by atoms with Gasteiger partial charge in [-0.2, -0.15) is 0 Å². The minimum absolute atomic E-state index is 0.0398. The number of ether oxygens (including phenoxy) is 3. The highest BCUT2D eigenvalue weighted by molar-refractivity contribution is 5.93. The molecule has 0 bridgehead atoms. The second kappa shape index (κ2) is 6.87. The molecule has 0 heterocycles. The van der Waals surface area contributed by atoms with E-state index in [0.29, 0.717) is 0 Å². The molecule has 2 aromatic carbocycles. The normalized spacial score (nSPS) is 10.1. The molecule has 0 saturated heterocycles. The fraction of sp³-hybridized carbons (Fsp3) is 0.125. The first-order chi connectivity index (χ1) is 11.0. The van der Waals surface area contributed by atoms with Crippen molar-refractivity contribution in [2.24, 2.45) is 0 Å². The Morgan fingerprint density at radius 1 is 0.913 bits per heavy atom. The molecule has 0 N–H and O–H groups in total. The van der Waals surface area contributed by atoms with Crippen LogP contribution in [-0.2, 0) is 4.74 Å². The fourth-order valence-electron chi connectivity index (χ4n) is 1.84. The quantitative estimate of drug-likeness (QED) is 0.640. The lowest BCUT2D eigenvalue weighted by molar-refractivity contribution is 0.0600. The van der Waals surface area contributed by atoms with Gasteiger partial charge in [-0.25, -0.2) is 18.4 Å². The van der Waals surface area contributed by atoms with Gasteiger partial charge in [-0.15, -0.1) is 0 Å². The minimum Gasteiger partial charge on any atom is -0.493 e. The molecule has 0 amide bonds.